The molecule has 0 fully saturated rings. The van der Waals surface area contributed by atoms with E-state index in [0.717, 1.165) is 18.2 Å². The van der Waals surface area contributed by atoms with Gasteiger partial charge in [-0.2, -0.15) is 26.3 Å². The van der Waals surface area contributed by atoms with Gasteiger partial charge in [0.1, 0.15) is 11.6 Å². The molecule has 2 N–H and O–H groups in total. The molecule has 37 heavy (non-hydrogen) atoms. The molecule has 1 aromatic heterocycles. The summed E-state index contributed by atoms with van der Waals surface area (Å²) in [6, 6.07) is 11.1. The van der Waals surface area contributed by atoms with Gasteiger partial charge in [-0.25, -0.2) is 14.4 Å². The number of nitrogens with zero attached hydrogens (tertiary/aromatic N) is 2. The molecule has 0 aliphatic heterocycles. The predicted octanol–water partition coefficient (Wildman–Crippen LogP) is 7.16. The number of nitrogens with one attached hydrogen (secondary N) is 2. The van der Waals surface area contributed by atoms with Gasteiger partial charge in [-0.05, 0) is 68.0 Å². The van der Waals surface area contributed by atoms with Crippen molar-refractivity contribution in [2.75, 3.05) is 25.5 Å². The van der Waals surface area contributed by atoms with Gasteiger partial charge in [0, 0.05) is 23.1 Å². The Morgan fingerprint density at radius 2 is 1.43 bits per heavy atom. The van der Waals surface area contributed by atoms with E-state index in [4.69, 9.17) is 0 Å². The Hall–Kier alpha value is -3.73. The van der Waals surface area contributed by atoms with E-state index in [-0.39, 0.29) is 22.5 Å². The summed E-state index contributed by atoms with van der Waals surface area (Å²) in [5, 5.41) is 6.48. The number of benzene rings is 3. The molecule has 3 aromatic carbocycles. The number of hydrogen-bond donors (Lipinski definition) is 2. The molecule has 0 radical (unpaired) electrons. The molecule has 0 amide bonds. The van der Waals surface area contributed by atoms with E-state index in [1.807, 2.05) is 0 Å². The van der Waals surface area contributed by atoms with Crippen LogP contribution in [0.2, 0.25) is 0 Å². The van der Waals surface area contributed by atoms with Gasteiger partial charge in [-0.15, -0.1) is 0 Å². The highest BCUT2D eigenvalue weighted by atomic mass is 19.4. The lowest BCUT2D eigenvalue weighted by Gasteiger charge is -2.14. The van der Waals surface area contributed by atoms with E-state index in [1.165, 1.54) is 24.3 Å². The molecule has 4 aromatic rings. The third-order valence-corrected chi connectivity index (χ3v) is 5.65. The molecule has 194 valence electrons. The van der Waals surface area contributed by atoms with Gasteiger partial charge in [0.25, 0.3) is 0 Å². The van der Waals surface area contributed by atoms with Crippen molar-refractivity contribution in [3.63, 3.8) is 0 Å². The lowest BCUT2D eigenvalue weighted by molar-refractivity contribution is -0.138. The van der Waals surface area contributed by atoms with Crippen LogP contribution in [0.5, 0.6) is 0 Å². The molecular formula is C26H21F7N4. The Balaban J connectivity index is 1.82. The first-order chi connectivity index (χ1) is 17.5. The van der Waals surface area contributed by atoms with Crippen LogP contribution in [0, 0.1) is 5.82 Å². The highest BCUT2D eigenvalue weighted by Gasteiger charge is 2.32. The second-order valence-electron chi connectivity index (χ2n) is 8.28. The first-order valence-electron chi connectivity index (χ1n) is 11.2. The molecule has 0 aliphatic rings. The van der Waals surface area contributed by atoms with Crippen LogP contribution in [0.4, 0.5) is 36.6 Å². The highest BCUT2D eigenvalue weighted by Crippen LogP contribution is 2.36. The fourth-order valence-corrected chi connectivity index (χ4v) is 3.79. The topological polar surface area (TPSA) is 49.8 Å². The van der Waals surface area contributed by atoms with Gasteiger partial charge in [-0.1, -0.05) is 18.2 Å². The number of aromatic nitrogens is 2. The summed E-state index contributed by atoms with van der Waals surface area (Å²) in [7, 11) is 1.79. The number of halogens is 7. The second kappa shape index (κ2) is 10.3. The minimum atomic E-state index is -4.66. The number of anilines is 1. The summed E-state index contributed by atoms with van der Waals surface area (Å²) in [5.41, 5.74) is -1.70. The largest absolute Gasteiger partial charge is 0.416 e. The Morgan fingerprint density at radius 1 is 0.757 bits per heavy atom. The summed E-state index contributed by atoms with van der Waals surface area (Å²) in [4.78, 5) is 8.78. The zero-order valence-corrected chi connectivity index (χ0v) is 19.4. The Labute approximate surface area is 207 Å². The first-order valence-corrected chi connectivity index (χ1v) is 11.2. The SMILES string of the molecule is CNCCCNc1nc(-c2cccc(-c3cc(C(F)(F)F)ccc3F)c2)nc2cc(C(F)(F)F)ccc12. The van der Waals surface area contributed by atoms with Crippen LogP contribution in [0.3, 0.4) is 0 Å². The first kappa shape index (κ1) is 26.3. The molecule has 1 heterocycles. The number of fused-ring (bicyclic) bond motifs is 1. The van der Waals surface area contributed by atoms with Crippen LogP contribution in [-0.4, -0.2) is 30.1 Å². The molecule has 4 nitrogen and oxygen atoms in total. The Kier molecular flexibility index (Phi) is 7.35. The Morgan fingerprint density at radius 3 is 2.14 bits per heavy atom. The average molecular weight is 522 g/mol. The summed E-state index contributed by atoms with van der Waals surface area (Å²) in [6.07, 6.45) is -8.53. The Bertz CT molecular complexity index is 1410. The van der Waals surface area contributed by atoms with Gasteiger partial charge in [0.15, 0.2) is 5.82 Å². The van der Waals surface area contributed by atoms with Gasteiger partial charge < -0.3 is 10.6 Å². The van der Waals surface area contributed by atoms with Crippen molar-refractivity contribution in [1.29, 1.82) is 0 Å². The normalized spacial score (nSPS) is 12.2. The van der Waals surface area contributed by atoms with E-state index in [1.54, 1.807) is 13.1 Å². The van der Waals surface area contributed by atoms with Crippen molar-refractivity contribution in [2.45, 2.75) is 18.8 Å². The third kappa shape index (κ3) is 5.99. The van der Waals surface area contributed by atoms with Crippen molar-refractivity contribution in [3.8, 4) is 22.5 Å². The smallest absolute Gasteiger partial charge is 0.369 e. The van der Waals surface area contributed by atoms with Crippen LogP contribution < -0.4 is 10.6 Å². The molecule has 0 bridgehead atoms. The lowest BCUT2D eigenvalue weighted by atomic mass is 10.00. The molecule has 0 unspecified atom stereocenters. The van der Waals surface area contributed by atoms with Crippen LogP contribution in [0.1, 0.15) is 17.5 Å². The molecule has 0 spiro atoms. The molecule has 0 saturated carbocycles. The quantitative estimate of drug-likeness (QED) is 0.200. The van der Waals surface area contributed by atoms with Crippen molar-refractivity contribution in [1.82, 2.24) is 15.3 Å². The number of rotatable bonds is 7. The second-order valence-corrected chi connectivity index (χ2v) is 8.28. The summed E-state index contributed by atoms with van der Waals surface area (Å²) in [5.74, 6) is -0.510. The van der Waals surface area contributed by atoms with E-state index in [9.17, 15) is 30.7 Å². The van der Waals surface area contributed by atoms with Gasteiger partial charge in [0.2, 0.25) is 0 Å². The van der Waals surface area contributed by atoms with Crippen molar-refractivity contribution < 1.29 is 30.7 Å². The summed E-state index contributed by atoms with van der Waals surface area (Å²) >= 11 is 0. The van der Waals surface area contributed by atoms with Crippen molar-refractivity contribution in [2.24, 2.45) is 0 Å². The van der Waals surface area contributed by atoms with Gasteiger partial charge >= 0.3 is 12.4 Å². The maximum Gasteiger partial charge on any atom is 0.416 e. The standard InChI is InChI=1S/C26H21F7N4/c1-34-10-3-11-35-24-19-8-6-18(26(31,32)33)14-22(19)36-23(37-24)16-5-2-4-15(12-16)20-13-17(25(28,29)30)7-9-21(20)27/h2,4-9,12-14,34H,3,10-11H2,1H3,(H,35,36,37). The molecule has 0 atom stereocenters. The number of hydrogen-bond acceptors (Lipinski definition) is 4. The molecule has 4 rings (SSSR count). The fraction of sp³-hybridized carbons (Fsp3) is 0.231. The van der Waals surface area contributed by atoms with E-state index in [0.29, 0.717) is 48.4 Å². The molecular weight excluding hydrogens is 501 g/mol. The van der Waals surface area contributed by atoms with Crippen LogP contribution in [-0.2, 0) is 12.4 Å². The van der Waals surface area contributed by atoms with Crippen LogP contribution >= 0.6 is 0 Å². The fourth-order valence-electron chi connectivity index (χ4n) is 3.79. The summed E-state index contributed by atoms with van der Waals surface area (Å²) < 4.78 is 94.1. The van der Waals surface area contributed by atoms with E-state index < -0.39 is 29.3 Å². The van der Waals surface area contributed by atoms with Crippen molar-refractivity contribution in [3.05, 3.63) is 77.6 Å². The average Bonchev–Trinajstić information content (AvgIpc) is 2.85. The zero-order chi connectivity index (χ0) is 26.8. The van der Waals surface area contributed by atoms with Crippen LogP contribution in [0.15, 0.2) is 60.7 Å². The maximum atomic E-state index is 14.5. The molecule has 0 aliphatic carbocycles. The van der Waals surface area contributed by atoms with Gasteiger partial charge in [0.05, 0.1) is 16.6 Å². The van der Waals surface area contributed by atoms with E-state index in [2.05, 4.69) is 20.6 Å². The summed E-state index contributed by atoms with van der Waals surface area (Å²) in [6.45, 7) is 1.18. The number of alkyl halides is 6. The highest BCUT2D eigenvalue weighted by molar-refractivity contribution is 5.91. The molecule has 11 heteroatoms. The zero-order valence-electron chi connectivity index (χ0n) is 19.4. The monoisotopic (exact) mass is 522 g/mol. The maximum absolute atomic E-state index is 14.5. The van der Waals surface area contributed by atoms with E-state index >= 15 is 0 Å². The van der Waals surface area contributed by atoms with Crippen LogP contribution in [0.25, 0.3) is 33.4 Å². The third-order valence-electron chi connectivity index (χ3n) is 5.65. The predicted molar refractivity (Wildman–Crippen MR) is 127 cm³/mol. The lowest BCUT2D eigenvalue weighted by Crippen LogP contribution is -2.14. The van der Waals surface area contributed by atoms with Gasteiger partial charge in [-0.3, -0.25) is 0 Å². The van der Waals surface area contributed by atoms with Crippen molar-refractivity contribution >= 4 is 16.7 Å². The minimum absolute atomic E-state index is 0.0339. The molecule has 0 saturated heterocycles. The minimum Gasteiger partial charge on any atom is -0.369 e.